The van der Waals surface area contributed by atoms with Crippen LogP contribution >= 0.6 is 0 Å². The number of hydrogen-bond acceptors (Lipinski definition) is 4. The molecule has 1 rings (SSSR count). The summed E-state index contributed by atoms with van der Waals surface area (Å²) >= 11 is 0. The van der Waals surface area contributed by atoms with E-state index in [1.54, 1.807) is 0 Å². The zero-order valence-corrected chi connectivity index (χ0v) is 13.8. The van der Waals surface area contributed by atoms with Gasteiger partial charge in [0.25, 0.3) is 0 Å². The molecule has 1 atom stereocenters. The second-order valence-corrected chi connectivity index (χ2v) is 7.60. The third kappa shape index (κ3) is 7.57. The fraction of sp³-hybridized carbons (Fsp3) is 1.00. The Morgan fingerprint density at radius 1 is 1.25 bits per heavy atom. The molecule has 0 radical (unpaired) electrons. The zero-order chi connectivity index (χ0) is 14.8. The van der Waals surface area contributed by atoms with E-state index in [4.69, 9.17) is 0 Å². The molecule has 0 aliphatic carbocycles. The first kappa shape index (κ1) is 17.9. The number of rotatable bonds is 10. The second-order valence-electron chi connectivity index (χ2n) is 5.68. The van der Waals surface area contributed by atoms with Crippen LogP contribution in [0.4, 0.5) is 0 Å². The predicted octanol–water partition coefficient (Wildman–Crippen LogP) is 1.03. The first-order valence-corrected chi connectivity index (χ1v) is 9.63. The molecule has 1 aliphatic rings. The van der Waals surface area contributed by atoms with Gasteiger partial charge in [-0.1, -0.05) is 33.1 Å². The number of nitrogens with zero attached hydrogens (tertiary/aromatic N) is 1. The maximum Gasteiger partial charge on any atom is 0.212 e. The second kappa shape index (κ2) is 9.71. The lowest BCUT2D eigenvalue weighted by Gasteiger charge is -2.27. The van der Waals surface area contributed by atoms with Gasteiger partial charge >= 0.3 is 0 Å². The van der Waals surface area contributed by atoms with Crippen LogP contribution in [0.2, 0.25) is 0 Å². The van der Waals surface area contributed by atoms with E-state index < -0.39 is 10.0 Å². The summed E-state index contributed by atoms with van der Waals surface area (Å²) in [4.78, 5) is 2.21. The van der Waals surface area contributed by atoms with E-state index in [0.29, 0.717) is 19.0 Å². The molecular formula is C14H31N3O2S. The lowest BCUT2D eigenvalue weighted by molar-refractivity contribution is 0.253. The van der Waals surface area contributed by atoms with Crippen molar-refractivity contribution in [3.8, 4) is 0 Å². The highest BCUT2D eigenvalue weighted by Gasteiger charge is 2.16. The first-order valence-electron chi connectivity index (χ1n) is 7.97. The molecule has 0 bridgehead atoms. The first-order chi connectivity index (χ1) is 9.57. The highest BCUT2D eigenvalue weighted by Crippen LogP contribution is 2.11. The summed E-state index contributed by atoms with van der Waals surface area (Å²) in [5.41, 5.74) is 0. The number of piperazine rings is 1. The van der Waals surface area contributed by atoms with Crippen LogP contribution in [0.5, 0.6) is 0 Å². The fourth-order valence-electron chi connectivity index (χ4n) is 2.44. The number of unbranched alkanes of at least 4 members (excludes halogenated alkanes) is 1. The molecule has 0 spiro atoms. The van der Waals surface area contributed by atoms with Gasteiger partial charge in [0.2, 0.25) is 10.0 Å². The van der Waals surface area contributed by atoms with Gasteiger partial charge in [-0.2, -0.15) is 0 Å². The highest BCUT2D eigenvalue weighted by atomic mass is 32.2. The van der Waals surface area contributed by atoms with Crippen LogP contribution in [0.1, 0.15) is 39.5 Å². The van der Waals surface area contributed by atoms with Gasteiger partial charge in [-0.3, -0.25) is 4.90 Å². The average Bonchev–Trinajstić information content (AvgIpc) is 2.47. The van der Waals surface area contributed by atoms with E-state index in [1.165, 1.54) is 12.8 Å². The molecule has 1 saturated heterocycles. The summed E-state index contributed by atoms with van der Waals surface area (Å²) in [5.74, 6) is 0.695. The minimum atomic E-state index is -3.12. The van der Waals surface area contributed by atoms with Gasteiger partial charge in [0.15, 0.2) is 0 Å². The molecule has 6 heteroatoms. The normalized spacial score (nSPS) is 19.1. The molecule has 1 heterocycles. The summed E-state index contributed by atoms with van der Waals surface area (Å²) in [7, 11) is -3.12. The van der Waals surface area contributed by atoms with Crippen LogP contribution in [0, 0.1) is 5.92 Å². The molecule has 1 fully saturated rings. The van der Waals surface area contributed by atoms with E-state index in [2.05, 4.69) is 28.8 Å². The van der Waals surface area contributed by atoms with Crippen LogP contribution in [-0.4, -0.2) is 58.3 Å². The molecule has 0 aromatic rings. The number of sulfonamides is 1. The topological polar surface area (TPSA) is 61.4 Å². The minimum absolute atomic E-state index is 0.219. The third-order valence-corrected chi connectivity index (χ3v) is 5.35. The van der Waals surface area contributed by atoms with E-state index in [0.717, 1.165) is 39.0 Å². The van der Waals surface area contributed by atoms with Gasteiger partial charge in [0.05, 0.1) is 5.75 Å². The van der Waals surface area contributed by atoms with Crippen molar-refractivity contribution in [2.24, 2.45) is 5.92 Å². The van der Waals surface area contributed by atoms with Crippen molar-refractivity contribution in [1.82, 2.24) is 14.9 Å². The van der Waals surface area contributed by atoms with Crippen molar-refractivity contribution in [2.75, 3.05) is 45.0 Å². The fourth-order valence-corrected chi connectivity index (χ4v) is 3.58. The van der Waals surface area contributed by atoms with Gasteiger partial charge in [-0.25, -0.2) is 13.1 Å². The highest BCUT2D eigenvalue weighted by molar-refractivity contribution is 7.89. The van der Waals surface area contributed by atoms with Gasteiger partial charge in [0.1, 0.15) is 0 Å². The molecular weight excluding hydrogens is 274 g/mol. The van der Waals surface area contributed by atoms with E-state index in [9.17, 15) is 8.42 Å². The molecule has 1 unspecified atom stereocenters. The Morgan fingerprint density at radius 2 is 1.95 bits per heavy atom. The SMILES string of the molecule is CCCCC(CC)CNS(=O)(=O)CCN1CCNCC1. The van der Waals surface area contributed by atoms with Crippen molar-refractivity contribution in [1.29, 1.82) is 0 Å². The molecule has 20 heavy (non-hydrogen) atoms. The molecule has 0 aromatic heterocycles. The molecule has 120 valence electrons. The predicted molar refractivity (Wildman–Crippen MR) is 84.4 cm³/mol. The third-order valence-electron chi connectivity index (χ3n) is 4.02. The maximum atomic E-state index is 12.0. The summed E-state index contributed by atoms with van der Waals surface area (Å²) in [6.07, 6.45) is 4.51. The lowest BCUT2D eigenvalue weighted by Crippen LogP contribution is -2.46. The Balaban J connectivity index is 2.25. The van der Waals surface area contributed by atoms with Crippen LogP contribution in [0.3, 0.4) is 0 Å². The molecule has 0 amide bonds. The van der Waals surface area contributed by atoms with Crippen molar-refractivity contribution in [3.05, 3.63) is 0 Å². The van der Waals surface area contributed by atoms with Gasteiger partial charge in [-0.05, 0) is 12.3 Å². The lowest BCUT2D eigenvalue weighted by atomic mass is 10.00. The maximum absolute atomic E-state index is 12.0. The molecule has 2 N–H and O–H groups in total. The number of nitrogens with one attached hydrogen (secondary N) is 2. The Bertz CT molecular complexity index is 340. The Labute approximate surface area is 124 Å². The van der Waals surface area contributed by atoms with Crippen molar-refractivity contribution in [2.45, 2.75) is 39.5 Å². The largest absolute Gasteiger partial charge is 0.314 e. The van der Waals surface area contributed by atoms with Crippen molar-refractivity contribution < 1.29 is 8.42 Å². The van der Waals surface area contributed by atoms with Crippen LogP contribution in [0.15, 0.2) is 0 Å². The summed E-state index contributed by atoms with van der Waals surface area (Å²) in [6, 6.07) is 0. The average molecular weight is 305 g/mol. The van der Waals surface area contributed by atoms with Gasteiger partial charge in [0, 0.05) is 39.3 Å². The monoisotopic (exact) mass is 305 g/mol. The molecule has 0 aromatic carbocycles. The standard InChI is InChI=1S/C14H31N3O2S/c1-3-5-6-14(4-2)13-16-20(18,19)12-11-17-9-7-15-8-10-17/h14-16H,3-13H2,1-2H3. The number of hydrogen-bond donors (Lipinski definition) is 2. The Kier molecular flexibility index (Phi) is 8.68. The summed E-state index contributed by atoms with van der Waals surface area (Å²) < 4.78 is 26.8. The summed E-state index contributed by atoms with van der Waals surface area (Å²) in [6.45, 7) is 9.36. The van der Waals surface area contributed by atoms with Crippen LogP contribution < -0.4 is 10.0 Å². The summed E-state index contributed by atoms with van der Waals surface area (Å²) in [5, 5.41) is 3.27. The van der Waals surface area contributed by atoms with Crippen molar-refractivity contribution in [3.63, 3.8) is 0 Å². The van der Waals surface area contributed by atoms with Gasteiger partial charge in [-0.15, -0.1) is 0 Å². The molecule has 0 saturated carbocycles. The minimum Gasteiger partial charge on any atom is -0.314 e. The van der Waals surface area contributed by atoms with Crippen molar-refractivity contribution >= 4 is 10.0 Å². The van der Waals surface area contributed by atoms with E-state index in [1.807, 2.05) is 0 Å². The zero-order valence-electron chi connectivity index (χ0n) is 13.0. The smallest absolute Gasteiger partial charge is 0.212 e. The molecule has 5 nitrogen and oxygen atoms in total. The van der Waals surface area contributed by atoms with E-state index >= 15 is 0 Å². The Hall–Kier alpha value is -0.170. The van der Waals surface area contributed by atoms with Gasteiger partial charge < -0.3 is 5.32 Å². The quantitative estimate of drug-likeness (QED) is 0.633. The Morgan fingerprint density at radius 3 is 2.55 bits per heavy atom. The van der Waals surface area contributed by atoms with Crippen LogP contribution in [-0.2, 0) is 10.0 Å². The molecule has 1 aliphatic heterocycles. The van der Waals surface area contributed by atoms with Crippen LogP contribution in [0.25, 0.3) is 0 Å². The van der Waals surface area contributed by atoms with E-state index in [-0.39, 0.29) is 5.75 Å².